The predicted molar refractivity (Wildman–Crippen MR) is 67.4 cm³/mol. The van der Waals surface area contributed by atoms with Crippen LogP contribution in [0.3, 0.4) is 0 Å². The van der Waals surface area contributed by atoms with Crippen molar-refractivity contribution in [2.75, 3.05) is 12.8 Å². The van der Waals surface area contributed by atoms with Gasteiger partial charge in [-0.3, -0.25) is 4.79 Å². The summed E-state index contributed by atoms with van der Waals surface area (Å²) in [6, 6.07) is 9.81. The lowest BCUT2D eigenvalue weighted by Crippen LogP contribution is -2.29. The Morgan fingerprint density at radius 3 is 2.72 bits per heavy atom. The van der Waals surface area contributed by atoms with Gasteiger partial charge in [0.2, 0.25) is 11.9 Å². The minimum absolute atomic E-state index is 0.0382. The molecule has 6 heteroatoms. The third kappa shape index (κ3) is 3.07. The Hall–Kier alpha value is -2.37. The van der Waals surface area contributed by atoms with Gasteiger partial charge >= 0.3 is 0 Å². The molecule has 0 radical (unpaired) electrons. The number of nitrogens with two attached hydrogens (primary N) is 1. The molecule has 0 aliphatic rings. The highest BCUT2D eigenvalue weighted by Gasteiger charge is 2.10. The molecule has 0 aliphatic heterocycles. The Morgan fingerprint density at radius 2 is 2.11 bits per heavy atom. The van der Waals surface area contributed by atoms with Gasteiger partial charge < -0.3 is 10.6 Å². The molecule has 1 aromatic carbocycles. The summed E-state index contributed by atoms with van der Waals surface area (Å²) >= 11 is 0. The largest absolute Gasteiger partial charge is 0.367 e. The first kappa shape index (κ1) is 12.1. The highest BCUT2D eigenvalue weighted by molar-refractivity contribution is 5.75. The van der Waals surface area contributed by atoms with Crippen LogP contribution in [-0.2, 0) is 17.9 Å². The van der Waals surface area contributed by atoms with Gasteiger partial charge in [0.15, 0.2) is 0 Å². The van der Waals surface area contributed by atoms with E-state index in [0.717, 1.165) is 5.56 Å². The molecule has 2 rings (SSSR count). The number of carbonyl (C=O) groups excluding carboxylic acids is 1. The molecule has 1 aromatic heterocycles. The van der Waals surface area contributed by atoms with Crippen molar-refractivity contribution in [2.24, 2.45) is 0 Å². The van der Waals surface area contributed by atoms with Crippen molar-refractivity contribution >= 4 is 11.9 Å². The van der Waals surface area contributed by atoms with Gasteiger partial charge in [0.05, 0.1) is 0 Å². The van der Waals surface area contributed by atoms with Crippen LogP contribution in [0.15, 0.2) is 36.7 Å². The van der Waals surface area contributed by atoms with Gasteiger partial charge in [-0.25, -0.2) is 9.67 Å². The zero-order valence-electron chi connectivity index (χ0n) is 10.2. The van der Waals surface area contributed by atoms with Crippen LogP contribution in [0.2, 0.25) is 0 Å². The van der Waals surface area contributed by atoms with E-state index in [4.69, 9.17) is 5.73 Å². The van der Waals surface area contributed by atoms with Crippen molar-refractivity contribution in [3.8, 4) is 0 Å². The highest BCUT2D eigenvalue weighted by Crippen LogP contribution is 2.03. The predicted octanol–water partition coefficient (Wildman–Crippen LogP) is 0.519. The first-order valence-corrected chi connectivity index (χ1v) is 5.58. The minimum Gasteiger partial charge on any atom is -0.367 e. The summed E-state index contributed by atoms with van der Waals surface area (Å²) in [5, 5.41) is 3.88. The number of rotatable bonds is 4. The van der Waals surface area contributed by atoms with Crippen LogP contribution >= 0.6 is 0 Å². The fourth-order valence-electron chi connectivity index (χ4n) is 1.59. The first-order valence-electron chi connectivity index (χ1n) is 5.58. The number of hydrogen-bond donors (Lipinski definition) is 1. The second-order valence-corrected chi connectivity index (χ2v) is 4.04. The highest BCUT2D eigenvalue weighted by atomic mass is 16.2. The third-order valence-electron chi connectivity index (χ3n) is 2.54. The molecule has 2 aromatic rings. The Kier molecular flexibility index (Phi) is 3.57. The molecule has 0 saturated carbocycles. The van der Waals surface area contributed by atoms with Crippen molar-refractivity contribution in [3.63, 3.8) is 0 Å². The third-order valence-corrected chi connectivity index (χ3v) is 2.54. The molecule has 0 aliphatic carbocycles. The van der Waals surface area contributed by atoms with Crippen LogP contribution in [0.1, 0.15) is 5.56 Å². The molecule has 0 atom stereocenters. The van der Waals surface area contributed by atoms with E-state index in [1.165, 1.54) is 11.0 Å². The van der Waals surface area contributed by atoms with Gasteiger partial charge in [0, 0.05) is 13.6 Å². The number of hydrogen-bond acceptors (Lipinski definition) is 4. The number of benzene rings is 1. The van der Waals surface area contributed by atoms with Crippen molar-refractivity contribution in [2.45, 2.75) is 13.1 Å². The first-order chi connectivity index (χ1) is 8.65. The molecule has 0 saturated heterocycles. The fourth-order valence-corrected chi connectivity index (χ4v) is 1.59. The lowest BCUT2D eigenvalue weighted by atomic mass is 10.2. The topological polar surface area (TPSA) is 77.0 Å². The Bertz CT molecular complexity index is 522. The fraction of sp³-hybridized carbons (Fsp3) is 0.250. The van der Waals surface area contributed by atoms with Crippen molar-refractivity contribution in [1.29, 1.82) is 0 Å². The summed E-state index contributed by atoms with van der Waals surface area (Å²) in [6.45, 7) is 0.720. The number of amides is 1. The number of aromatic nitrogens is 3. The monoisotopic (exact) mass is 245 g/mol. The van der Waals surface area contributed by atoms with Gasteiger partial charge in [-0.05, 0) is 5.56 Å². The summed E-state index contributed by atoms with van der Waals surface area (Å²) in [4.78, 5) is 17.3. The van der Waals surface area contributed by atoms with E-state index in [9.17, 15) is 4.79 Å². The van der Waals surface area contributed by atoms with E-state index in [1.807, 2.05) is 30.3 Å². The van der Waals surface area contributed by atoms with E-state index in [1.54, 1.807) is 11.9 Å². The summed E-state index contributed by atoms with van der Waals surface area (Å²) < 4.78 is 1.43. The van der Waals surface area contributed by atoms with E-state index >= 15 is 0 Å². The summed E-state index contributed by atoms with van der Waals surface area (Å²) in [7, 11) is 1.76. The molecule has 0 spiro atoms. The van der Waals surface area contributed by atoms with E-state index in [-0.39, 0.29) is 18.4 Å². The van der Waals surface area contributed by atoms with Crippen molar-refractivity contribution in [1.82, 2.24) is 19.7 Å². The second-order valence-electron chi connectivity index (χ2n) is 4.04. The van der Waals surface area contributed by atoms with Crippen LogP contribution in [0.5, 0.6) is 0 Å². The second kappa shape index (κ2) is 5.31. The van der Waals surface area contributed by atoms with Gasteiger partial charge in [-0.2, -0.15) is 0 Å². The Morgan fingerprint density at radius 1 is 1.39 bits per heavy atom. The molecular formula is C12H15N5O. The van der Waals surface area contributed by atoms with Crippen LogP contribution in [0.4, 0.5) is 5.95 Å². The lowest BCUT2D eigenvalue weighted by Gasteiger charge is -2.16. The maximum absolute atomic E-state index is 11.9. The average molecular weight is 245 g/mol. The van der Waals surface area contributed by atoms with E-state index in [0.29, 0.717) is 6.54 Å². The van der Waals surface area contributed by atoms with Gasteiger partial charge in [0.1, 0.15) is 12.9 Å². The molecule has 1 heterocycles. The average Bonchev–Trinajstić information content (AvgIpc) is 2.76. The lowest BCUT2D eigenvalue weighted by molar-refractivity contribution is -0.131. The van der Waals surface area contributed by atoms with Crippen LogP contribution < -0.4 is 5.73 Å². The molecule has 94 valence electrons. The molecule has 0 bridgehead atoms. The molecule has 1 amide bonds. The van der Waals surface area contributed by atoms with Crippen LogP contribution in [-0.4, -0.2) is 32.6 Å². The SMILES string of the molecule is CN(Cc1ccccc1)C(=O)Cn1cnc(N)n1. The number of nitrogen functional groups attached to an aromatic ring is 1. The molecule has 6 nitrogen and oxygen atoms in total. The maximum atomic E-state index is 11.9. The molecule has 2 N–H and O–H groups in total. The maximum Gasteiger partial charge on any atom is 0.244 e. The van der Waals surface area contributed by atoms with Crippen molar-refractivity contribution in [3.05, 3.63) is 42.2 Å². The summed E-state index contributed by atoms with van der Waals surface area (Å²) in [6.07, 6.45) is 1.45. The van der Waals surface area contributed by atoms with E-state index in [2.05, 4.69) is 10.1 Å². The quantitative estimate of drug-likeness (QED) is 0.851. The standard InChI is InChI=1S/C12H15N5O/c1-16(7-10-5-3-2-4-6-10)11(18)8-17-9-14-12(13)15-17/h2-6,9H,7-8H2,1H3,(H2,13,15). The molecule has 18 heavy (non-hydrogen) atoms. The van der Waals surface area contributed by atoms with Crippen molar-refractivity contribution < 1.29 is 4.79 Å². The molecule has 0 unspecified atom stereocenters. The number of nitrogens with zero attached hydrogens (tertiary/aromatic N) is 4. The summed E-state index contributed by atoms with van der Waals surface area (Å²) in [5.41, 5.74) is 6.48. The van der Waals surface area contributed by atoms with Gasteiger partial charge in [0.25, 0.3) is 0 Å². The molecule has 0 fully saturated rings. The van der Waals surface area contributed by atoms with Crippen LogP contribution in [0.25, 0.3) is 0 Å². The zero-order chi connectivity index (χ0) is 13.0. The number of carbonyl (C=O) groups is 1. The van der Waals surface area contributed by atoms with E-state index < -0.39 is 0 Å². The van der Waals surface area contributed by atoms with Gasteiger partial charge in [-0.1, -0.05) is 30.3 Å². The zero-order valence-corrected chi connectivity index (χ0v) is 10.2. The normalized spacial score (nSPS) is 10.3. The Balaban J connectivity index is 1.93. The minimum atomic E-state index is -0.0382. The summed E-state index contributed by atoms with van der Waals surface area (Å²) in [5.74, 6) is 0.136. The van der Waals surface area contributed by atoms with Crippen LogP contribution in [0, 0.1) is 0 Å². The number of anilines is 1. The number of likely N-dealkylation sites (N-methyl/N-ethyl adjacent to an activating group) is 1. The van der Waals surface area contributed by atoms with Gasteiger partial charge in [-0.15, -0.1) is 5.10 Å². The smallest absolute Gasteiger partial charge is 0.244 e. The Labute approximate surface area is 105 Å². The molecular weight excluding hydrogens is 230 g/mol.